The van der Waals surface area contributed by atoms with E-state index >= 15 is 0 Å². The summed E-state index contributed by atoms with van der Waals surface area (Å²) in [5, 5.41) is 0. The number of anilines is 1. The van der Waals surface area contributed by atoms with Gasteiger partial charge in [0, 0.05) is 0 Å². The second-order valence-electron chi connectivity index (χ2n) is 7.48. The molecule has 158 valence electrons. The Morgan fingerprint density at radius 2 is 2.03 bits per heavy atom. The Balaban J connectivity index is 1.52. The fourth-order valence-electron chi connectivity index (χ4n) is 3.57. The Labute approximate surface area is 167 Å². The second kappa shape index (κ2) is 7.73. The molecule has 4 atom stereocenters. The lowest BCUT2D eigenvalue weighted by Gasteiger charge is -2.24. The summed E-state index contributed by atoms with van der Waals surface area (Å²) in [6, 6.07) is 0. The zero-order chi connectivity index (χ0) is 20.6. The third-order valence-corrected chi connectivity index (χ3v) is 4.87. The van der Waals surface area contributed by atoms with Crippen molar-refractivity contribution in [2.24, 2.45) is 0 Å². The predicted octanol–water partition coefficient (Wildman–Crippen LogP) is 1.78. The molecule has 2 aromatic heterocycles. The number of carbonyl (C=O) groups is 1. The fourth-order valence-corrected chi connectivity index (χ4v) is 3.57. The van der Waals surface area contributed by atoms with Crippen LogP contribution in [0.3, 0.4) is 0 Å². The molecule has 2 N–H and O–H groups in total. The van der Waals surface area contributed by atoms with E-state index in [1.807, 2.05) is 20.8 Å². The number of fused-ring (bicyclic) bond motifs is 2. The van der Waals surface area contributed by atoms with Gasteiger partial charge in [0.05, 0.1) is 12.9 Å². The van der Waals surface area contributed by atoms with E-state index in [4.69, 9.17) is 29.4 Å². The van der Waals surface area contributed by atoms with Crippen molar-refractivity contribution in [1.82, 2.24) is 19.5 Å². The summed E-state index contributed by atoms with van der Waals surface area (Å²) in [6.45, 7) is 5.96. The highest BCUT2D eigenvalue weighted by molar-refractivity contribution is 5.81. The van der Waals surface area contributed by atoms with E-state index in [0.29, 0.717) is 17.8 Å². The van der Waals surface area contributed by atoms with Gasteiger partial charge in [0.2, 0.25) is 0 Å². The largest absolute Gasteiger partial charge is 0.508 e. The van der Waals surface area contributed by atoms with E-state index in [-0.39, 0.29) is 12.4 Å². The minimum absolute atomic E-state index is 0.0220. The highest BCUT2D eigenvalue weighted by atomic mass is 16.8. The molecule has 0 unspecified atom stereocenters. The number of nitrogens with zero attached hydrogens (tertiary/aromatic N) is 4. The summed E-state index contributed by atoms with van der Waals surface area (Å²) < 4.78 is 30.2. The minimum Gasteiger partial charge on any atom is -0.434 e. The number of unbranched alkanes of at least 4 members (excludes halogenated alkanes) is 1. The molecule has 29 heavy (non-hydrogen) atoms. The maximum absolute atomic E-state index is 11.8. The zero-order valence-electron chi connectivity index (χ0n) is 16.6. The first-order valence-corrected chi connectivity index (χ1v) is 9.63. The molecule has 2 aliphatic heterocycles. The molecule has 2 aromatic rings. The lowest BCUT2D eigenvalue weighted by molar-refractivity contribution is -0.200. The molecule has 0 saturated carbocycles. The molecule has 11 heteroatoms. The molecule has 2 saturated heterocycles. The molecule has 4 heterocycles. The lowest BCUT2D eigenvalue weighted by Crippen LogP contribution is -2.33. The Morgan fingerprint density at radius 1 is 1.24 bits per heavy atom. The Morgan fingerprint density at radius 3 is 2.83 bits per heavy atom. The van der Waals surface area contributed by atoms with Crippen LogP contribution < -0.4 is 5.73 Å². The molecule has 0 spiro atoms. The maximum atomic E-state index is 11.8. The number of aromatic nitrogens is 4. The summed E-state index contributed by atoms with van der Waals surface area (Å²) in [6.07, 6.45) is 1.93. The topological polar surface area (TPSA) is 133 Å². The minimum atomic E-state index is -0.804. The summed E-state index contributed by atoms with van der Waals surface area (Å²) >= 11 is 0. The normalized spacial score (nSPS) is 27.8. The zero-order valence-corrected chi connectivity index (χ0v) is 16.6. The van der Waals surface area contributed by atoms with Gasteiger partial charge in [-0.05, 0) is 20.3 Å². The average Bonchev–Trinajstić information content (AvgIpc) is 3.32. The number of carbonyl (C=O) groups excluding carboxylic acids is 1. The van der Waals surface area contributed by atoms with Crippen molar-refractivity contribution < 1.29 is 28.5 Å². The number of imidazole rings is 1. The lowest BCUT2D eigenvalue weighted by atomic mass is 10.1. The SMILES string of the molecule is CCCCOC(=O)OC[C@H]1O[C@@H](n2cnc3c(N)ncnc32)[C@@H]2OC(C)(C)O[C@@H]21. The molecular weight excluding hydrogens is 382 g/mol. The number of hydrogen-bond donors (Lipinski definition) is 1. The van der Waals surface area contributed by atoms with Crippen LogP contribution in [-0.2, 0) is 23.7 Å². The second-order valence-corrected chi connectivity index (χ2v) is 7.48. The van der Waals surface area contributed by atoms with E-state index in [2.05, 4.69) is 15.0 Å². The van der Waals surface area contributed by atoms with E-state index in [1.165, 1.54) is 6.33 Å². The van der Waals surface area contributed by atoms with Gasteiger partial charge in [-0.2, -0.15) is 0 Å². The molecule has 11 nitrogen and oxygen atoms in total. The number of ether oxygens (including phenoxy) is 5. The van der Waals surface area contributed by atoms with Crippen LogP contribution in [0.2, 0.25) is 0 Å². The Bertz CT molecular complexity index is 887. The van der Waals surface area contributed by atoms with Crippen LogP contribution in [0.5, 0.6) is 0 Å². The molecule has 2 aliphatic rings. The van der Waals surface area contributed by atoms with Crippen LogP contribution in [0.4, 0.5) is 10.6 Å². The van der Waals surface area contributed by atoms with Gasteiger partial charge in [-0.25, -0.2) is 19.7 Å². The van der Waals surface area contributed by atoms with Gasteiger partial charge in [-0.3, -0.25) is 4.57 Å². The van der Waals surface area contributed by atoms with Gasteiger partial charge in [-0.15, -0.1) is 0 Å². The van der Waals surface area contributed by atoms with E-state index in [1.54, 1.807) is 10.9 Å². The first kappa shape index (κ1) is 19.8. The third kappa shape index (κ3) is 3.85. The van der Waals surface area contributed by atoms with Gasteiger partial charge in [0.15, 0.2) is 23.5 Å². The van der Waals surface area contributed by atoms with E-state index < -0.39 is 36.5 Å². The van der Waals surface area contributed by atoms with Crippen LogP contribution in [0, 0.1) is 0 Å². The highest BCUT2D eigenvalue weighted by Crippen LogP contribution is 2.43. The molecular formula is C18H25N5O6. The van der Waals surface area contributed by atoms with Crippen molar-refractivity contribution in [3.63, 3.8) is 0 Å². The summed E-state index contributed by atoms with van der Waals surface area (Å²) in [5.41, 5.74) is 6.88. The maximum Gasteiger partial charge on any atom is 0.508 e. The van der Waals surface area contributed by atoms with E-state index in [9.17, 15) is 4.79 Å². The average molecular weight is 407 g/mol. The van der Waals surface area contributed by atoms with Gasteiger partial charge in [0.25, 0.3) is 0 Å². The van der Waals surface area contributed by atoms with Crippen LogP contribution in [0.15, 0.2) is 12.7 Å². The summed E-state index contributed by atoms with van der Waals surface area (Å²) in [7, 11) is 0. The Kier molecular flexibility index (Phi) is 5.28. The fraction of sp³-hybridized carbons (Fsp3) is 0.667. The number of nitrogen functional groups attached to an aromatic ring is 1. The van der Waals surface area contributed by atoms with Gasteiger partial charge < -0.3 is 29.4 Å². The van der Waals surface area contributed by atoms with Crippen LogP contribution in [0.1, 0.15) is 39.8 Å². The first-order valence-electron chi connectivity index (χ1n) is 9.63. The van der Waals surface area contributed by atoms with E-state index in [0.717, 1.165) is 12.8 Å². The molecule has 0 bridgehead atoms. The van der Waals surface area contributed by atoms with Gasteiger partial charge >= 0.3 is 6.16 Å². The highest BCUT2D eigenvalue weighted by Gasteiger charge is 2.56. The predicted molar refractivity (Wildman–Crippen MR) is 99.7 cm³/mol. The molecule has 0 aliphatic carbocycles. The van der Waals surface area contributed by atoms with Crippen molar-refractivity contribution in [2.45, 2.75) is 63.9 Å². The Hall–Kier alpha value is -2.50. The van der Waals surface area contributed by atoms with Crippen LogP contribution >= 0.6 is 0 Å². The van der Waals surface area contributed by atoms with Crippen molar-refractivity contribution >= 4 is 23.1 Å². The molecule has 0 radical (unpaired) electrons. The monoisotopic (exact) mass is 407 g/mol. The number of hydrogen-bond acceptors (Lipinski definition) is 10. The quantitative estimate of drug-likeness (QED) is 0.558. The standard InChI is InChI=1S/C18H25N5O6/c1-4-5-6-25-17(24)26-7-10-12-13(29-18(2,3)28-12)16(27-10)23-9-22-11-14(19)20-8-21-15(11)23/h8-10,12-13,16H,4-7H2,1-3H3,(H2,19,20,21)/t10-,12-,13-,16-/m1/s1. The molecule has 2 fully saturated rings. The molecule has 4 rings (SSSR count). The molecule has 0 aromatic carbocycles. The summed E-state index contributed by atoms with van der Waals surface area (Å²) in [5.74, 6) is -0.524. The third-order valence-electron chi connectivity index (χ3n) is 4.87. The van der Waals surface area contributed by atoms with Gasteiger partial charge in [-0.1, -0.05) is 13.3 Å². The summed E-state index contributed by atoms with van der Waals surface area (Å²) in [4.78, 5) is 24.3. The molecule has 0 amide bonds. The van der Waals surface area contributed by atoms with Crippen molar-refractivity contribution in [1.29, 1.82) is 0 Å². The smallest absolute Gasteiger partial charge is 0.434 e. The number of nitrogens with two attached hydrogens (primary N) is 1. The van der Waals surface area contributed by atoms with Crippen LogP contribution in [0.25, 0.3) is 11.2 Å². The van der Waals surface area contributed by atoms with Crippen LogP contribution in [-0.4, -0.2) is 63.0 Å². The van der Waals surface area contributed by atoms with Crippen molar-refractivity contribution in [3.05, 3.63) is 12.7 Å². The number of rotatable bonds is 6. The first-order chi connectivity index (χ1) is 13.9. The van der Waals surface area contributed by atoms with Gasteiger partial charge in [0.1, 0.15) is 36.8 Å². The van der Waals surface area contributed by atoms with Crippen molar-refractivity contribution in [3.8, 4) is 0 Å². The van der Waals surface area contributed by atoms with Crippen molar-refractivity contribution in [2.75, 3.05) is 18.9 Å².